The molecule has 0 saturated heterocycles. The molecule has 0 saturated carbocycles. The van der Waals surface area contributed by atoms with E-state index in [2.05, 4.69) is 24.4 Å². The van der Waals surface area contributed by atoms with Crippen LogP contribution >= 0.6 is 11.3 Å². The van der Waals surface area contributed by atoms with Crippen molar-refractivity contribution in [2.24, 2.45) is 5.10 Å². The number of hydrazone groups is 1. The van der Waals surface area contributed by atoms with Gasteiger partial charge in [0.15, 0.2) is 6.61 Å². The number of carbonyl (C=O) groups excluding carboxylic acids is 1. The highest BCUT2D eigenvalue weighted by molar-refractivity contribution is 7.12. The summed E-state index contributed by atoms with van der Waals surface area (Å²) in [6.45, 7) is 5.91. The fourth-order valence-corrected chi connectivity index (χ4v) is 2.81. The third kappa shape index (κ3) is 5.39. The van der Waals surface area contributed by atoms with Crippen LogP contribution < -0.4 is 10.2 Å². The Morgan fingerprint density at radius 3 is 2.84 bits per heavy atom. The van der Waals surface area contributed by atoms with E-state index in [1.165, 1.54) is 29.0 Å². The van der Waals surface area contributed by atoms with E-state index in [0.717, 1.165) is 11.1 Å². The number of hydrogen-bond donors (Lipinski definition) is 1. The summed E-state index contributed by atoms with van der Waals surface area (Å²) in [4.78, 5) is 22.5. The van der Waals surface area contributed by atoms with Crippen LogP contribution in [0.1, 0.15) is 35.8 Å². The summed E-state index contributed by atoms with van der Waals surface area (Å²) in [6.07, 6.45) is 1.36. The van der Waals surface area contributed by atoms with E-state index in [1.807, 2.05) is 25.1 Å². The standard InChI is InChI=1S/C17H19N3O4S/c1-11(2)15-5-4-12(3)6-16(15)24-9-17(21)19-18-8-14-7-13(10-25-14)20(22)23/h4-8,10-11H,9H2,1-3H3,(H,19,21)/b18-8+. The van der Waals surface area contributed by atoms with Gasteiger partial charge in [-0.15, -0.1) is 11.3 Å². The lowest BCUT2D eigenvalue weighted by atomic mass is 10.0. The lowest BCUT2D eigenvalue weighted by molar-refractivity contribution is -0.384. The van der Waals surface area contributed by atoms with Crippen LogP contribution in [0.15, 0.2) is 34.7 Å². The molecule has 132 valence electrons. The summed E-state index contributed by atoms with van der Waals surface area (Å²) in [6, 6.07) is 7.29. The molecule has 1 amide bonds. The number of hydrogen-bond acceptors (Lipinski definition) is 6. The number of carbonyl (C=O) groups is 1. The summed E-state index contributed by atoms with van der Waals surface area (Å²) in [5.74, 6) is 0.563. The van der Waals surface area contributed by atoms with Gasteiger partial charge in [-0.3, -0.25) is 14.9 Å². The van der Waals surface area contributed by atoms with E-state index in [9.17, 15) is 14.9 Å². The molecule has 0 aliphatic carbocycles. The summed E-state index contributed by atoms with van der Waals surface area (Å²) in [7, 11) is 0. The molecule has 25 heavy (non-hydrogen) atoms. The molecule has 7 nitrogen and oxygen atoms in total. The van der Waals surface area contributed by atoms with Crippen molar-refractivity contribution in [2.75, 3.05) is 6.61 Å². The summed E-state index contributed by atoms with van der Waals surface area (Å²) in [5, 5.41) is 15.8. The van der Waals surface area contributed by atoms with Crippen LogP contribution in [-0.2, 0) is 4.79 Å². The van der Waals surface area contributed by atoms with Gasteiger partial charge in [0.25, 0.3) is 11.6 Å². The first kappa shape index (κ1) is 18.6. The molecule has 0 unspecified atom stereocenters. The van der Waals surface area contributed by atoms with Crippen LogP contribution in [-0.4, -0.2) is 23.7 Å². The zero-order chi connectivity index (χ0) is 18.4. The molecule has 0 aliphatic rings. The minimum absolute atomic E-state index is 0.00164. The molecule has 0 aliphatic heterocycles. The first-order chi connectivity index (χ1) is 11.9. The molecule has 8 heteroatoms. The molecule has 2 rings (SSSR count). The van der Waals surface area contributed by atoms with Crippen molar-refractivity contribution in [1.29, 1.82) is 0 Å². The molecule has 1 heterocycles. The lowest BCUT2D eigenvalue weighted by Crippen LogP contribution is -2.24. The number of rotatable bonds is 7. The lowest BCUT2D eigenvalue weighted by Gasteiger charge is -2.14. The largest absolute Gasteiger partial charge is 0.483 e. The average Bonchev–Trinajstić information content (AvgIpc) is 3.02. The zero-order valence-corrected chi connectivity index (χ0v) is 15.0. The van der Waals surface area contributed by atoms with Gasteiger partial charge < -0.3 is 4.74 Å². The number of amides is 1. The number of nitro groups is 1. The molecular weight excluding hydrogens is 342 g/mol. The molecule has 0 bridgehead atoms. The molecule has 1 N–H and O–H groups in total. The molecule has 0 radical (unpaired) electrons. The van der Waals surface area contributed by atoms with Crippen molar-refractivity contribution < 1.29 is 14.5 Å². The average molecular weight is 361 g/mol. The Morgan fingerprint density at radius 1 is 1.44 bits per heavy atom. The van der Waals surface area contributed by atoms with Gasteiger partial charge in [-0.2, -0.15) is 5.10 Å². The van der Waals surface area contributed by atoms with Gasteiger partial charge in [0.05, 0.1) is 21.4 Å². The smallest absolute Gasteiger partial charge is 0.280 e. The Labute approximate surface area is 149 Å². The van der Waals surface area contributed by atoms with E-state index in [-0.39, 0.29) is 18.2 Å². The third-order valence-electron chi connectivity index (χ3n) is 3.35. The number of benzene rings is 1. The molecular formula is C17H19N3O4S. The second-order valence-electron chi connectivity index (χ2n) is 5.74. The van der Waals surface area contributed by atoms with Gasteiger partial charge in [-0.25, -0.2) is 5.43 Å². The van der Waals surface area contributed by atoms with Crippen molar-refractivity contribution in [3.8, 4) is 5.75 Å². The van der Waals surface area contributed by atoms with E-state index in [1.54, 1.807) is 0 Å². The molecule has 1 aromatic carbocycles. The maximum atomic E-state index is 11.8. The normalized spacial score (nSPS) is 11.0. The fourth-order valence-electron chi connectivity index (χ4n) is 2.09. The van der Waals surface area contributed by atoms with E-state index < -0.39 is 10.8 Å². The number of thiophene rings is 1. The maximum absolute atomic E-state index is 11.8. The van der Waals surface area contributed by atoms with Crippen molar-refractivity contribution in [2.45, 2.75) is 26.7 Å². The highest BCUT2D eigenvalue weighted by Crippen LogP contribution is 2.27. The van der Waals surface area contributed by atoms with Gasteiger partial charge in [0.1, 0.15) is 5.75 Å². The van der Waals surface area contributed by atoms with Crippen LogP contribution in [0.25, 0.3) is 0 Å². The van der Waals surface area contributed by atoms with Crippen molar-refractivity contribution in [3.63, 3.8) is 0 Å². The molecule has 0 fully saturated rings. The molecule has 0 spiro atoms. The highest BCUT2D eigenvalue weighted by Gasteiger charge is 2.10. The number of ether oxygens (including phenoxy) is 1. The van der Waals surface area contributed by atoms with E-state index in [4.69, 9.17) is 4.74 Å². The van der Waals surface area contributed by atoms with E-state index in [0.29, 0.717) is 10.6 Å². The van der Waals surface area contributed by atoms with Crippen LogP contribution in [0.5, 0.6) is 5.75 Å². The highest BCUT2D eigenvalue weighted by atomic mass is 32.1. The zero-order valence-electron chi connectivity index (χ0n) is 14.2. The van der Waals surface area contributed by atoms with Crippen molar-refractivity contribution >= 4 is 29.1 Å². The van der Waals surface area contributed by atoms with Gasteiger partial charge in [0, 0.05) is 6.07 Å². The van der Waals surface area contributed by atoms with Crippen LogP contribution in [0.3, 0.4) is 0 Å². The SMILES string of the molecule is Cc1ccc(C(C)C)c(OCC(=O)N/N=C/c2cc([N+](=O)[O-])cs2)c1. The number of nitrogens with zero attached hydrogens (tertiary/aromatic N) is 2. The summed E-state index contributed by atoms with van der Waals surface area (Å²) >= 11 is 1.17. The Morgan fingerprint density at radius 2 is 2.20 bits per heavy atom. The Kier molecular flexibility index (Phi) is 6.24. The fraction of sp³-hybridized carbons (Fsp3) is 0.294. The minimum atomic E-state index is -0.478. The maximum Gasteiger partial charge on any atom is 0.280 e. The Bertz CT molecular complexity index is 799. The number of aryl methyl sites for hydroxylation is 1. The predicted octanol–water partition coefficient (Wildman–Crippen LogP) is 3.62. The van der Waals surface area contributed by atoms with Gasteiger partial charge in [-0.05, 0) is 30.0 Å². The Balaban J connectivity index is 1.89. The minimum Gasteiger partial charge on any atom is -0.483 e. The monoisotopic (exact) mass is 361 g/mol. The second-order valence-corrected chi connectivity index (χ2v) is 6.69. The quantitative estimate of drug-likeness (QED) is 0.463. The summed E-state index contributed by atoms with van der Waals surface area (Å²) < 4.78 is 5.61. The predicted molar refractivity (Wildman–Crippen MR) is 97.5 cm³/mol. The summed E-state index contributed by atoms with van der Waals surface area (Å²) in [5.41, 5.74) is 4.44. The first-order valence-corrected chi connectivity index (χ1v) is 8.53. The Hall–Kier alpha value is -2.74. The third-order valence-corrected chi connectivity index (χ3v) is 4.20. The van der Waals surface area contributed by atoms with Crippen LogP contribution in [0, 0.1) is 17.0 Å². The van der Waals surface area contributed by atoms with Crippen molar-refractivity contribution in [1.82, 2.24) is 5.43 Å². The van der Waals surface area contributed by atoms with Gasteiger partial charge >= 0.3 is 0 Å². The van der Waals surface area contributed by atoms with E-state index >= 15 is 0 Å². The van der Waals surface area contributed by atoms with Gasteiger partial charge in [0.2, 0.25) is 0 Å². The van der Waals surface area contributed by atoms with Crippen LogP contribution in [0.2, 0.25) is 0 Å². The molecule has 0 atom stereocenters. The van der Waals surface area contributed by atoms with Gasteiger partial charge in [-0.1, -0.05) is 26.0 Å². The topological polar surface area (TPSA) is 93.8 Å². The molecule has 1 aromatic heterocycles. The van der Waals surface area contributed by atoms with Crippen molar-refractivity contribution in [3.05, 3.63) is 55.8 Å². The second kappa shape index (κ2) is 8.39. The number of nitrogens with one attached hydrogen (secondary N) is 1. The molecule has 2 aromatic rings. The first-order valence-electron chi connectivity index (χ1n) is 7.65. The van der Waals surface area contributed by atoms with Crippen LogP contribution in [0.4, 0.5) is 5.69 Å².